The van der Waals surface area contributed by atoms with Crippen LogP contribution in [0.25, 0.3) is 0 Å². The van der Waals surface area contributed by atoms with Gasteiger partial charge in [-0.2, -0.15) is 0 Å². The molecule has 1 rings (SSSR count). The monoisotopic (exact) mass is 302 g/mol. The fourth-order valence-corrected chi connectivity index (χ4v) is 2.49. The molecule has 0 spiro atoms. The molecule has 0 aliphatic heterocycles. The van der Waals surface area contributed by atoms with Gasteiger partial charge >= 0.3 is 5.97 Å². The number of nitrogen functional groups attached to an aromatic ring is 1. The number of rotatable bonds is 7. The zero-order valence-corrected chi connectivity index (χ0v) is 12.2. The molecule has 1 aromatic carbocycles. The van der Waals surface area contributed by atoms with Crippen LogP contribution < -0.4 is 15.2 Å². The zero-order valence-electron chi connectivity index (χ0n) is 11.4. The van der Waals surface area contributed by atoms with Crippen molar-refractivity contribution in [1.82, 2.24) is 0 Å². The van der Waals surface area contributed by atoms with Crippen LogP contribution >= 0.6 is 0 Å². The number of sulfonamides is 1. The molecule has 0 aromatic heterocycles. The number of nitrogens with one attached hydrogen (secondary N) is 1. The second-order valence-electron chi connectivity index (χ2n) is 3.93. The van der Waals surface area contributed by atoms with Crippen molar-refractivity contribution in [3.05, 3.63) is 18.2 Å². The van der Waals surface area contributed by atoms with Crippen LogP contribution in [0.4, 0.5) is 11.4 Å². The first-order valence-corrected chi connectivity index (χ1v) is 7.63. The highest BCUT2D eigenvalue weighted by Gasteiger charge is 2.15. The van der Waals surface area contributed by atoms with Gasteiger partial charge < -0.3 is 15.2 Å². The Bertz CT molecular complexity index is 571. The number of hydrogen-bond acceptors (Lipinski definition) is 6. The standard InChI is InChI=1S/C12H18N2O5S/c1-3-19-12(15)6-7-20(16,17)14-11-5-4-9(18-2)8-10(11)13/h4-5,8,14H,3,6-7,13H2,1-2H3. The lowest BCUT2D eigenvalue weighted by atomic mass is 10.2. The highest BCUT2D eigenvalue weighted by Crippen LogP contribution is 2.25. The van der Waals surface area contributed by atoms with Crippen LogP contribution in [0, 0.1) is 0 Å². The Kier molecular flexibility index (Phi) is 5.63. The van der Waals surface area contributed by atoms with Crippen molar-refractivity contribution in [2.75, 3.05) is 29.9 Å². The van der Waals surface area contributed by atoms with E-state index in [9.17, 15) is 13.2 Å². The predicted octanol–water partition coefficient (Wildman–Crippen LogP) is 0.972. The first-order chi connectivity index (χ1) is 9.38. The van der Waals surface area contributed by atoms with E-state index in [1.807, 2.05) is 0 Å². The Morgan fingerprint density at radius 1 is 1.40 bits per heavy atom. The molecule has 0 fully saturated rings. The molecule has 3 N–H and O–H groups in total. The third-order valence-corrected chi connectivity index (χ3v) is 3.68. The highest BCUT2D eigenvalue weighted by molar-refractivity contribution is 7.92. The van der Waals surface area contributed by atoms with Crippen molar-refractivity contribution in [3.63, 3.8) is 0 Å². The second-order valence-corrected chi connectivity index (χ2v) is 5.77. The Morgan fingerprint density at radius 3 is 2.65 bits per heavy atom. The van der Waals surface area contributed by atoms with Gasteiger partial charge in [0.15, 0.2) is 0 Å². The molecule has 0 saturated carbocycles. The van der Waals surface area contributed by atoms with Crippen molar-refractivity contribution >= 4 is 27.4 Å². The average molecular weight is 302 g/mol. The van der Waals surface area contributed by atoms with Crippen LogP contribution in [-0.2, 0) is 19.6 Å². The lowest BCUT2D eigenvalue weighted by molar-refractivity contribution is -0.142. The van der Waals surface area contributed by atoms with E-state index in [1.165, 1.54) is 19.2 Å². The molecule has 0 saturated heterocycles. The smallest absolute Gasteiger partial charge is 0.306 e. The van der Waals surface area contributed by atoms with Crippen molar-refractivity contribution in [2.24, 2.45) is 0 Å². The summed E-state index contributed by atoms with van der Waals surface area (Å²) in [4.78, 5) is 11.1. The maximum absolute atomic E-state index is 11.8. The van der Waals surface area contributed by atoms with E-state index in [0.717, 1.165) is 0 Å². The van der Waals surface area contributed by atoms with Crippen molar-refractivity contribution in [2.45, 2.75) is 13.3 Å². The third kappa shape index (κ3) is 4.96. The first kappa shape index (κ1) is 16.1. The summed E-state index contributed by atoms with van der Waals surface area (Å²) >= 11 is 0. The number of carbonyl (C=O) groups excluding carboxylic acids is 1. The van der Waals surface area contributed by atoms with Gasteiger partial charge in [-0.05, 0) is 19.1 Å². The third-order valence-electron chi connectivity index (χ3n) is 2.40. The van der Waals surface area contributed by atoms with Crippen molar-refractivity contribution < 1.29 is 22.7 Å². The van der Waals surface area contributed by atoms with Gasteiger partial charge in [0.05, 0.1) is 37.3 Å². The number of carbonyl (C=O) groups is 1. The Morgan fingerprint density at radius 2 is 2.10 bits per heavy atom. The molecular formula is C12H18N2O5S. The fourth-order valence-electron chi connectivity index (χ4n) is 1.43. The normalized spacial score (nSPS) is 10.9. The highest BCUT2D eigenvalue weighted by atomic mass is 32.2. The van der Waals surface area contributed by atoms with Crippen molar-refractivity contribution in [1.29, 1.82) is 0 Å². The van der Waals surface area contributed by atoms with Crippen LogP contribution in [-0.4, -0.2) is 33.9 Å². The molecule has 0 unspecified atom stereocenters. The summed E-state index contributed by atoms with van der Waals surface area (Å²) in [5.41, 5.74) is 6.19. The van der Waals surface area contributed by atoms with E-state index < -0.39 is 16.0 Å². The average Bonchev–Trinajstić information content (AvgIpc) is 2.39. The molecule has 0 aliphatic carbocycles. The fraction of sp³-hybridized carbons (Fsp3) is 0.417. The number of ether oxygens (including phenoxy) is 2. The van der Waals surface area contributed by atoms with E-state index in [0.29, 0.717) is 5.75 Å². The summed E-state index contributed by atoms with van der Waals surface area (Å²) in [5, 5.41) is 0. The molecule has 20 heavy (non-hydrogen) atoms. The maximum atomic E-state index is 11.8. The molecule has 1 aromatic rings. The maximum Gasteiger partial charge on any atom is 0.306 e. The minimum Gasteiger partial charge on any atom is -0.497 e. The van der Waals surface area contributed by atoms with E-state index in [1.54, 1.807) is 13.0 Å². The summed E-state index contributed by atoms with van der Waals surface area (Å²) in [5.74, 6) is -0.394. The van der Waals surface area contributed by atoms with Crippen LogP contribution in [0.2, 0.25) is 0 Å². The van der Waals surface area contributed by atoms with Gasteiger partial charge in [0, 0.05) is 6.07 Å². The molecular weight excluding hydrogens is 284 g/mol. The van der Waals surface area contributed by atoms with E-state index in [2.05, 4.69) is 9.46 Å². The Labute approximate surface area is 118 Å². The predicted molar refractivity (Wildman–Crippen MR) is 76.1 cm³/mol. The van der Waals surface area contributed by atoms with E-state index >= 15 is 0 Å². The number of anilines is 2. The molecule has 0 atom stereocenters. The lowest BCUT2D eigenvalue weighted by Gasteiger charge is -2.11. The molecule has 7 nitrogen and oxygen atoms in total. The molecule has 0 heterocycles. The number of benzene rings is 1. The summed E-state index contributed by atoms with van der Waals surface area (Å²) in [6.07, 6.45) is -0.209. The van der Waals surface area contributed by atoms with Gasteiger partial charge in [-0.15, -0.1) is 0 Å². The molecule has 112 valence electrons. The van der Waals surface area contributed by atoms with Crippen LogP contribution in [0.15, 0.2) is 18.2 Å². The van der Waals surface area contributed by atoms with Gasteiger partial charge in [-0.25, -0.2) is 8.42 Å². The second kappa shape index (κ2) is 6.99. The molecule has 0 bridgehead atoms. The largest absolute Gasteiger partial charge is 0.497 e. The summed E-state index contributed by atoms with van der Waals surface area (Å²) in [6, 6.07) is 4.58. The minimum absolute atomic E-state index is 0.209. The number of hydrogen-bond donors (Lipinski definition) is 2. The topological polar surface area (TPSA) is 108 Å². The SMILES string of the molecule is CCOC(=O)CCS(=O)(=O)Nc1ccc(OC)cc1N. The molecule has 0 aliphatic rings. The Hall–Kier alpha value is -1.96. The van der Waals surface area contributed by atoms with Crippen LogP contribution in [0.5, 0.6) is 5.75 Å². The first-order valence-electron chi connectivity index (χ1n) is 5.97. The number of methoxy groups -OCH3 is 1. The summed E-state index contributed by atoms with van der Waals surface area (Å²) in [7, 11) is -2.18. The minimum atomic E-state index is -3.66. The summed E-state index contributed by atoms with van der Waals surface area (Å²) in [6.45, 7) is 1.88. The molecule has 0 amide bonds. The van der Waals surface area contributed by atoms with E-state index in [4.69, 9.17) is 10.5 Å². The quantitative estimate of drug-likeness (QED) is 0.574. The van der Waals surface area contributed by atoms with Gasteiger partial charge in [0.2, 0.25) is 10.0 Å². The number of nitrogens with two attached hydrogens (primary N) is 1. The van der Waals surface area contributed by atoms with Gasteiger partial charge in [0.1, 0.15) is 5.75 Å². The number of esters is 1. The van der Waals surface area contributed by atoms with Gasteiger partial charge in [0.25, 0.3) is 0 Å². The molecule has 0 radical (unpaired) electrons. The Balaban J connectivity index is 2.69. The van der Waals surface area contributed by atoms with Crippen LogP contribution in [0.3, 0.4) is 0 Å². The zero-order chi connectivity index (χ0) is 15.2. The van der Waals surface area contributed by atoms with Gasteiger partial charge in [-0.3, -0.25) is 9.52 Å². The lowest BCUT2D eigenvalue weighted by Crippen LogP contribution is -2.20. The van der Waals surface area contributed by atoms with Gasteiger partial charge in [-0.1, -0.05) is 0 Å². The molecule has 8 heteroatoms. The van der Waals surface area contributed by atoms with Crippen molar-refractivity contribution in [3.8, 4) is 5.75 Å². The van der Waals surface area contributed by atoms with E-state index in [-0.39, 0.29) is 30.2 Å². The van der Waals surface area contributed by atoms with Crippen LogP contribution in [0.1, 0.15) is 13.3 Å². The summed E-state index contributed by atoms with van der Waals surface area (Å²) < 4.78 is 35.6.